The molecule has 0 radical (unpaired) electrons. The molecule has 0 spiro atoms. The van der Waals surface area contributed by atoms with Crippen LogP contribution in [0, 0.1) is 31.6 Å². The third-order valence-corrected chi connectivity index (χ3v) is 6.12. The number of rotatable bonds is 5. The molecule has 2 atom stereocenters. The summed E-state index contributed by atoms with van der Waals surface area (Å²) in [6.45, 7) is 12.3. The summed E-state index contributed by atoms with van der Waals surface area (Å²) in [5.74, 6) is 3.52. The molecular weight excluding hydrogens is 306 g/mol. The van der Waals surface area contributed by atoms with Gasteiger partial charge in [-0.05, 0) is 68.4 Å². The number of nitrogens with zero attached hydrogens (tertiary/aromatic N) is 1. The maximum absolute atomic E-state index is 6.08. The summed E-state index contributed by atoms with van der Waals surface area (Å²) >= 11 is 0. The van der Waals surface area contributed by atoms with Crippen molar-refractivity contribution in [2.24, 2.45) is 17.8 Å². The van der Waals surface area contributed by atoms with Crippen molar-refractivity contribution in [3.8, 4) is 16.9 Å². The molecule has 2 fully saturated rings. The lowest BCUT2D eigenvalue weighted by atomic mass is 9.99. The van der Waals surface area contributed by atoms with Gasteiger partial charge in [0.05, 0.1) is 6.61 Å². The van der Waals surface area contributed by atoms with Crippen LogP contribution in [-0.2, 0) is 0 Å². The lowest BCUT2D eigenvalue weighted by molar-refractivity contribution is 0.206. The van der Waals surface area contributed by atoms with E-state index in [-0.39, 0.29) is 0 Å². The maximum atomic E-state index is 6.08. The first kappa shape index (κ1) is 16.7. The fourth-order valence-electron chi connectivity index (χ4n) is 4.41. The summed E-state index contributed by atoms with van der Waals surface area (Å²) in [4.78, 5) is 2.60. The second kappa shape index (κ2) is 6.49. The first-order valence-corrected chi connectivity index (χ1v) is 9.57. The molecule has 0 aromatic heterocycles. The minimum Gasteiger partial charge on any atom is -0.493 e. The van der Waals surface area contributed by atoms with E-state index in [1.807, 2.05) is 0 Å². The molecule has 132 valence electrons. The van der Waals surface area contributed by atoms with Crippen LogP contribution in [0.4, 0.5) is 0 Å². The maximum Gasteiger partial charge on any atom is 0.119 e. The van der Waals surface area contributed by atoms with Crippen molar-refractivity contribution in [3.05, 3.63) is 53.6 Å². The van der Waals surface area contributed by atoms with E-state index in [1.54, 1.807) is 0 Å². The number of fused-ring (bicyclic) bond motifs is 1. The van der Waals surface area contributed by atoms with Crippen LogP contribution in [0.5, 0.6) is 5.75 Å². The number of piperidine rings is 1. The standard InChI is InChI=1S/C23H29NO/c1-15(2)24-12-21-22(13-24)23(21)14-25-19-8-6-18(7-9-19)20-10-5-16(3)11-17(20)4/h5-11,15,21-23H,12-14H2,1-4H3. The molecule has 0 amide bonds. The summed E-state index contributed by atoms with van der Waals surface area (Å²) in [6.07, 6.45) is 0. The Hall–Kier alpha value is -1.80. The highest BCUT2D eigenvalue weighted by Crippen LogP contribution is 2.52. The van der Waals surface area contributed by atoms with Crippen molar-refractivity contribution < 1.29 is 4.74 Å². The normalized spacial score (nSPS) is 25.2. The highest BCUT2D eigenvalue weighted by atomic mass is 16.5. The van der Waals surface area contributed by atoms with Crippen LogP contribution in [0.3, 0.4) is 0 Å². The van der Waals surface area contributed by atoms with Gasteiger partial charge in [0.1, 0.15) is 5.75 Å². The first-order valence-electron chi connectivity index (χ1n) is 9.57. The minimum atomic E-state index is 0.687. The molecular formula is C23H29NO. The molecule has 1 saturated carbocycles. The zero-order chi connectivity index (χ0) is 17.6. The van der Waals surface area contributed by atoms with E-state index in [0.717, 1.165) is 30.1 Å². The molecule has 2 aromatic carbocycles. The van der Waals surface area contributed by atoms with Gasteiger partial charge in [-0.15, -0.1) is 0 Å². The Bertz CT molecular complexity index is 737. The van der Waals surface area contributed by atoms with E-state index >= 15 is 0 Å². The second-order valence-electron chi connectivity index (χ2n) is 8.19. The van der Waals surface area contributed by atoms with Crippen LogP contribution in [0.1, 0.15) is 25.0 Å². The van der Waals surface area contributed by atoms with Crippen molar-refractivity contribution in [2.75, 3.05) is 19.7 Å². The van der Waals surface area contributed by atoms with Crippen molar-refractivity contribution in [3.63, 3.8) is 0 Å². The van der Waals surface area contributed by atoms with Gasteiger partial charge >= 0.3 is 0 Å². The van der Waals surface area contributed by atoms with Crippen LogP contribution in [0.2, 0.25) is 0 Å². The molecule has 1 aliphatic carbocycles. The van der Waals surface area contributed by atoms with E-state index in [2.05, 4.69) is 75.1 Å². The van der Waals surface area contributed by atoms with Gasteiger partial charge < -0.3 is 9.64 Å². The number of aryl methyl sites for hydroxylation is 2. The fourth-order valence-corrected chi connectivity index (χ4v) is 4.41. The van der Waals surface area contributed by atoms with Crippen molar-refractivity contribution in [1.82, 2.24) is 4.90 Å². The highest BCUT2D eigenvalue weighted by molar-refractivity contribution is 5.68. The molecule has 2 aromatic rings. The van der Waals surface area contributed by atoms with Gasteiger partial charge in [-0.25, -0.2) is 0 Å². The zero-order valence-corrected chi connectivity index (χ0v) is 15.8. The Morgan fingerprint density at radius 1 is 1.00 bits per heavy atom. The van der Waals surface area contributed by atoms with Crippen molar-refractivity contribution in [1.29, 1.82) is 0 Å². The predicted molar refractivity (Wildman–Crippen MR) is 104 cm³/mol. The molecule has 1 heterocycles. The van der Waals surface area contributed by atoms with E-state index < -0.39 is 0 Å². The van der Waals surface area contributed by atoms with Crippen molar-refractivity contribution >= 4 is 0 Å². The van der Waals surface area contributed by atoms with E-state index in [0.29, 0.717) is 6.04 Å². The summed E-state index contributed by atoms with van der Waals surface area (Å²) in [6, 6.07) is 15.9. The minimum absolute atomic E-state index is 0.687. The summed E-state index contributed by atoms with van der Waals surface area (Å²) in [7, 11) is 0. The Balaban J connectivity index is 1.33. The molecule has 0 N–H and O–H groups in total. The number of hydrogen-bond acceptors (Lipinski definition) is 2. The number of ether oxygens (including phenoxy) is 1. The van der Waals surface area contributed by atoms with Gasteiger partial charge in [0.2, 0.25) is 0 Å². The molecule has 2 heteroatoms. The average molecular weight is 335 g/mol. The Morgan fingerprint density at radius 2 is 1.68 bits per heavy atom. The van der Waals surface area contributed by atoms with Gasteiger partial charge in [0, 0.05) is 25.0 Å². The average Bonchev–Trinajstić information content (AvgIpc) is 3.03. The van der Waals surface area contributed by atoms with E-state index in [4.69, 9.17) is 4.74 Å². The Labute approximate surface area is 151 Å². The molecule has 0 bridgehead atoms. The van der Waals surface area contributed by atoms with Gasteiger partial charge in [-0.1, -0.05) is 35.9 Å². The summed E-state index contributed by atoms with van der Waals surface area (Å²) in [5, 5.41) is 0. The summed E-state index contributed by atoms with van der Waals surface area (Å²) < 4.78 is 6.08. The largest absolute Gasteiger partial charge is 0.493 e. The van der Waals surface area contributed by atoms with Crippen molar-refractivity contribution in [2.45, 2.75) is 33.7 Å². The zero-order valence-electron chi connectivity index (χ0n) is 15.8. The topological polar surface area (TPSA) is 12.5 Å². The van der Waals surface area contributed by atoms with Gasteiger partial charge in [0.25, 0.3) is 0 Å². The van der Waals surface area contributed by atoms with E-state index in [1.165, 1.54) is 35.3 Å². The predicted octanol–water partition coefficient (Wildman–Crippen LogP) is 4.94. The summed E-state index contributed by atoms with van der Waals surface area (Å²) in [5.41, 5.74) is 5.21. The lowest BCUT2D eigenvalue weighted by Gasteiger charge is -2.23. The lowest BCUT2D eigenvalue weighted by Crippen LogP contribution is -2.31. The number of likely N-dealkylation sites (tertiary alicyclic amines) is 1. The van der Waals surface area contributed by atoms with Gasteiger partial charge in [0.15, 0.2) is 0 Å². The van der Waals surface area contributed by atoms with Crippen LogP contribution in [0.25, 0.3) is 11.1 Å². The Kier molecular flexibility index (Phi) is 4.33. The third kappa shape index (κ3) is 3.32. The molecule has 1 aliphatic heterocycles. The van der Waals surface area contributed by atoms with E-state index in [9.17, 15) is 0 Å². The van der Waals surface area contributed by atoms with Crippen LogP contribution in [0.15, 0.2) is 42.5 Å². The second-order valence-corrected chi connectivity index (χ2v) is 8.19. The Morgan fingerprint density at radius 3 is 2.28 bits per heavy atom. The third-order valence-electron chi connectivity index (χ3n) is 6.12. The molecule has 25 heavy (non-hydrogen) atoms. The quantitative estimate of drug-likeness (QED) is 0.768. The number of benzene rings is 2. The first-order chi connectivity index (χ1) is 12.0. The monoisotopic (exact) mass is 335 g/mol. The number of hydrogen-bond donors (Lipinski definition) is 0. The highest BCUT2D eigenvalue weighted by Gasteiger charge is 2.56. The molecule has 4 rings (SSSR count). The molecule has 1 saturated heterocycles. The van der Waals surface area contributed by atoms with Gasteiger partial charge in [-0.3, -0.25) is 0 Å². The molecule has 2 unspecified atom stereocenters. The SMILES string of the molecule is Cc1ccc(-c2ccc(OCC3C4CN(C(C)C)CC34)cc2)c(C)c1. The van der Waals surface area contributed by atoms with Crippen LogP contribution < -0.4 is 4.74 Å². The molecule has 2 aliphatic rings. The molecule has 2 nitrogen and oxygen atoms in total. The fraction of sp³-hybridized carbons (Fsp3) is 0.478. The van der Waals surface area contributed by atoms with Crippen LogP contribution in [-0.4, -0.2) is 30.6 Å². The van der Waals surface area contributed by atoms with Gasteiger partial charge in [-0.2, -0.15) is 0 Å². The smallest absolute Gasteiger partial charge is 0.119 e. The van der Waals surface area contributed by atoms with Crippen LogP contribution >= 0.6 is 0 Å².